The number of nitrogen functional groups attached to an aromatic ring is 1. The number of hydrogen-bond acceptors (Lipinski definition) is 4. The summed E-state index contributed by atoms with van der Waals surface area (Å²) in [5.74, 6) is 0.0207. The number of hydrogen-bond donors (Lipinski definition) is 2. The highest BCUT2D eigenvalue weighted by Crippen LogP contribution is 2.16. The van der Waals surface area contributed by atoms with Crippen LogP contribution in [0.5, 0.6) is 0 Å². The zero-order valence-electron chi connectivity index (χ0n) is 9.60. The zero-order chi connectivity index (χ0) is 12.3. The maximum absolute atomic E-state index is 11.8. The van der Waals surface area contributed by atoms with Gasteiger partial charge in [-0.3, -0.25) is 4.79 Å². The molecule has 2 heterocycles. The molecular formula is C12H14N4O. The fraction of sp³-hybridized carbons (Fsp3) is 0.250. The van der Waals surface area contributed by atoms with Gasteiger partial charge in [0, 0.05) is 18.1 Å². The van der Waals surface area contributed by atoms with Crippen LogP contribution < -0.4 is 11.1 Å². The summed E-state index contributed by atoms with van der Waals surface area (Å²) in [6.45, 7) is 2.62. The minimum absolute atomic E-state index is 0.192. The molecule has 2 aromatic heterocycles. The Morgan fingerprint density at radius 3 is 3.12 bits per heavy atom. The van der Waals surface area contributed by atoms with E-state index in [2.05, 4.69) is 15.3 Å². The predicted molar refractivity (Wildman–Crippen MR) is 66.6 cm³/mol. The van der Waals surface area contributed by atoms with Crippen molar-refractivity contribution in [3.8, 4) is 0 Å². The second-order valence-corrected chi connectivity index (χ2v) is 3.73. The SMILES string of the molecule is CCCNC(=O)c1cc2cccnc2nc1N. The number of carbonyl (C=O) groups is 1. The average molecular weight is 230 g/mol. The molecule has 0 radical (unpaired) electrons. The minimum atomic E-state index is -0.192. The van der Waals surface area contributed by atoms with Crippen LogP contribution in [0, 0.1) is 0 Å². The normalized spacial score (nSPS) is 10.4. The molecule has 17 heavy (non-hydrogen) atoms. The summed E-state index contributed by atoms with van der Waals surface area (Å²) in [6, 6.07) is 5.37. The monoisotopic (exact) mass is 230 g/mol. The molecule has 3 N–H and O–H groups in total. The maximum Gasteiger partial charge on any atom is 0.255 e. The molecule has 0 saturated heterocycles. The lowest BCUT2D eigenvalue weighted by Crippen LogP contribution is -2.25. The number of nitrogens with one attached hydrogen (secondary N) is 1. The maximum atomic E-state index is 11.8. The van der Waals surface area contributed by atoms with Crippen LogP contribution in [-0.2, 0) is 0 Å². The number of nitrogens with two attached hydrogens (primary N) is 1. The van der Waals surface area contributed by atoms with E-state index in [4.69, 9.17) is 5.73 Å². The molecule has 88 valence electrons. The second kappa shape index (κ2) is 4.78. The summed E-state index contributed by atoms with van der Waals surface area (Å²) >= 11 is 0. The molecular weight excluding hydrogens is 216 g/mol. The summed E-state index contributed by atoms with van der Waals surface area (Å²) < 4.78 is 0. The first-order valence-electron chi connectivity index (χ1n) is 5.52. The topological polar surface area (TPSA) is 80.9 Å². The standard InChI is InChI=1S/C12H14N4O/c1-2-5-15-12(17)9-7-8-4-3-6-14-11(8)16-10(9)13/h3-4,6-7H,2,5H2,1H3,(H,15,17)(H2,13,14,16). The minimum Gasteiger partial charge on any atom is -0.383 e. The van der Waals surface area contributed by atoms with Gasteiger partial charge in [0.2, 0.25) is 0 Å². The van der Waals surface area contributed by atoms with Crippen LogP contribution in [-0.4, -0.2) is 22.4 Å². The van der Waals surface area contributed by atoms with E-state index < -0.39 is 0 Å². The van der Waals surface area contributed by atoms with Crippen LogP contribution in [0.25, 0.3) is 11.0 Å². The van der Waals surface area contributed by atoms with E-state index in [1.54, 1.807) is 18.3 Å². The van der Waals surface area contributed by atoms with E-state index in [0.29, 0.717) is 17.8 Å². The molecule has 0 bridgehead atoms. The zero-order valence-corrected chi connectivity index (χ0v) is 9.60. The summed E-state index contributed by atoms with van der Waals surface area (Å²) in [6.07, 6.45) is 2.53. The highest BCUT2D eigenvalue weighted by atomic mass is 16.1. The first kappa shape index (κ1) is 11.3. The van der Waals surface area contributed by atoms with Crippen molar-refractivity contribution in [2.45, 2.75) is 13.3 Å². The molecule has 0 atom stereocenters. The van der Waals surface area contributed by atoms with Crippen LogP contribution in [0.1, 0.15) is 23.7 Å². The van der Waals surface area contributed by atoms with Gasteiger partial charge in [-0.2, -0.15) is 0 Å². The number of nitrogens with zero attached hydrogens (tertiary/aromatic N) is 2. The molecule has 0 aliphatic heterocycles. The van der Waals surface area contributed by atoms with E-state index in [-0.39, 0.29) is 11.7 Å². The Hall–Kier alpha value is -2.17. The van der Waals surface area contributed by atoms with Gasteiger partial charge in [0.15, 0.2) is 5.65 Å². The van der Waals surface area contributed by atoms with Crippen molar-refractivity contribution in [3.63, 3.8) is 0 Å². The molecule has 2 rings (SSSR count). The third-order valence-corrected chi connectivity index (χ3v) is 2.40. The molecule has 5 nitrogen and oxygen atoms in total. The molecule has 2 aromatic rings. The van der Waals surface area contributed by atoms with Gasteiger partial charge in [-0.15, -0.1) is 0 Å². The van der Waals surface area contributed by atoms with Gasteiger partial charge in [0.1, 0.15) is 5.82 Å². The fourth-order valence-electron chi connectivity index (χ4n) is 1.53. The van der Waals surface area contributed by atoms with Crippen molar-refractivity contribution in [2.75, 3.05) is 12.3 Å². The number of anilines is 1. The van der Waals surface area contributed by atoms with Crippen molar-refractivity contribution in [2.24, 2.45) is 0 Å². The summed E-state index contributed by atoms with van der Waals surface area (Å²) in [5.41, 5.74) is 6.70. The molecule has 1 amide bonds. The number of rotatable bonds is 3. The predicted octanol–water partition coefficient (Wildman–Crippen LogP) is 1.35. The van der Waals surface area contributed by atoms with Gasteiger partial charge in [0.05, 0.1) is 5.56 Å². The molecule has 0 fully saturated rings. The smallest absolute Gasteiger partial charge is 0.255 e. The van der Waals surface area contributed by atoms with Gasteiger partial charge >= 0.3 is 0 Å². The Morgan fingerprint density at radius 2 is 2.35 bits per heavy atom. The van der Waals surface area contributed by atoms with Crippen LogP contribution in [0.2, 0.25) is 0 Å². The molecule has 0 aliphatic rings. The molecule has 0 aromatic carbocycles. The van der Waals surface area contributed by atoms with Crippen LogP contribution in [0.4, 0.5) is 5.82 Å². The Labute approximate surface area is 99.1 Å². The summed E-state index contributed by atoms with van der Waals surface area (Å²) in [5, 5.41) is 3.58. The number of carbonyl (C=O) groups excluding carboxylic acids is 1. The van der Waals surface area contributed by atoms with E-state index in [0.717, 1.165) is 11.8 Å². The molecule has 5 heteroatoms. The van der Waals surface area contributed by atoms with Gasteiger partial charge in [0.25, 0.3) is 5.91 Å². The van der Waals surface area contributed by atoms with Crippen molar-refractivity contribution in [3.05, 3.63) is 30.0 Å². The van der Waals surface area contributed by atoms with E-state index >= 15 is 0 Å². The average Bonchev–Trinajstić information content (AvgIpc) is 2.35. The molecule has 0 spiro atoms. The van der Waals surface area contributed by atoms with Crippen molar-refractivity contribution in [1.29, 1.82) is 0 Å². The van der Waals surface area contributed by atoms with E-state index in [9.17, 15) is 4.79 Å². The number of fused-ring (bicyclic) bond motifs is 1. The lowest BCUT2D eigenvalue weighted by Gasteiger charge is -2.07. The molecule has 0 saturated carbocycles. The highest BCUT2D eigenvalue weighted by Gasteiger charge is 2.11. The Kier molecular flexibility index (Phi) is 3.18. The summed E-state index contributed by atoms with van der Waals surface area (Å²) in [7, 11) is 0. The van der Waals surface area contributed by atoms with Crippen molar-refractivity contribution < 1.29 is 4.79 Å². The Morgan fingerprint density at radius 1 is 1.53 bits per heavy atom. The van der Waals surface area contributed by atoms with Crippen molar-refractivity contribution >= 4 is 22.8 Å². The highest BCUT2D eigenvalue weighted by molar-refractivity contribution is 6.01. The van der Waals surface area contributed by atoms with E-state index in [1.807, 2.05) is 13.0 Å². The first-order chi connectivity index (χ1) is 8.22. The Bertz CT molecular complexity index is 553. The molecule has 0 aliphatic carbocycles. The second-order valence-electron chi connectivity index (χ2n) is 3.73. The molecule has 0 unspecified atom stereocenters. The lowest BCUT2D eigenvalue weighted by molar-refractivity contribution is 0.0954. The Balaban J connectivity index is 2.40. The summed E-state index contributed by atoms with van der Waals surface area (Å²) in [4.78, 5) is 20.0. The first-order valence-corrected chi connectivity index (χ1v) is 5.52. The van der Waals surface area contributed by atoms with Crippen molar-refractivity contribution in [1.82, 2.24) is 15.3 Å². The van der Waals surface area contributed by atoms with Gasteiger partial charge in [-0.25, -0.2) is 9.97 Å². The van der Waals surface area contributed by atoms with E-state index in [1.165, 1.54) is 0 Å². The quantitative estimate of drug-likeness (QED) is 0.834. The van der Waals surface area contributed by atoms with Crippen LogP contribution in [0.3, 0.4) is 0 Å². The third kappa shape index (κ3) is 2.33. The van der Waals surface area contributed by atoms with Crippen LogP contribution in [0.15, 0.2) is 24.4 Å². The number of pyridine rings is 2. The van der Waals surface area contributed by atoms with Gasteiger partial charge < -0.3 is 11.1 Å². The number of amides is 1. The lowest BCUT2D eigenvalue weighted by atomic mass is 10.2. The van der Waals surface area contributed by atoms with Gasteiger partial charge in [-0.05, 0) is 24.6 Å². The third-order valence-electron chi connectivity index (χ3n) is 2.40. The fourth-order valence-corrected chi connectivity index (χ4v) is 1.53. The van der Waals surface area contributed by atoms with Crippen LogP contribution >= 0.6 is 0 Å². The number of aromatic nitrogens is 2. The largest absolute Gasteiger partial charge is 0.383 e. The van der Waals surface area contributed by atoms with Gasteiger partial charge in [-0.1, -0.05) is 6.92 Å².